The Bertz CT molecular complexity index is 736. The zero-order valence-electron chi connectivity index (χ0n) is 12.9. The minimum atomic E-state index is -0.0950. The van der Waals surface area contributed by atoms with E-state index in [9.17, 15) is 4.79 Å². The SMILES string of the molecule is C=CCNC(=S)N(Cc1cc(=O)[nH]c2ccccc12)C(C)C. The molecule has 116 valence electrons. The number of nitrogens with zero attached hydrogens (tertiary/aromatic N) is 1. The summed E-state index contributed by atoms with van der Waals surface area (Å²) in [6, 6.07) is 9.68. The summed E-state index contributed by atoms with van der Waals surface area (Å²) in [5.74, 6) is 0. The number of H-pyrrole nitrogens is 1. The van der Waals surface area contributed by atoms with Crippen LogP contribution in [0.1, 0.15) is 19.4 Å². The van der Waals surface area contributed by atoms with Crippen LogP contribution in [0.3, 0.4) is 0 Å². The number of hydrogen-bond acceptors (Lipinski definition) is 2. The average molecular weight is 315 g/mol. The van der Waals surface area contributed by atoms with E-state index in [1.54, 1.807) is 12.1 Å². The highest BCUT2D eigenvalue weighted by molar-refractivity contribution is 7.80. The van der Waals surface area contributed by atoms with E-state index in [4.69, 9.17) is 12.2 Å². The second-order valence-corrected chi connectivity index (χ2v) is 5.79. The standard InChI is InChI=1S/C17H21N3OS/c1-4-9-18-17(22)20(12(2)3)11-13-10-16(21)19-15-8-6-5-7-14(13)15/h4-8,10,12H,1,9,11H2,2-3H3,(H,18,22)(H,19,21). The fourth-order valence-corrected chi connectivity index (χ4v) is 2.70. The van der Waals surface area contributed by atoms with Crippen LogP contribution >= 0.6 is 12.2 Å². The highest BCUT2D eigenvalue weighted by atomic mass is 32.1. The zero-order valence-corrected chi connectivity index (χ0v) is 13.7. The first-order valence-electron chi connectivity index (χ1n) is 7.29. The van der Waals surface area contributed by atoms with E-state index in [2.05, 4.69) is 35.6 Å². The molecular weight excluding hydrogens is 294 g/mol. The van der Waals surface area contributed by atoms with Crippen molar-refractivity contribution in [1.29, 1.82) is 0 Å². The van der Waals surface area contributed by atoms with Crippen LogP contribution in [-0.2, 0) is 6.54 Å². The number of hydrogen-bond donors (Lipinski definition) is 2. The molecule has 5 heteroatoms. The first-order valence-corrected chi connectivity index (χ1v) is 7.70. The molecule has 0 amide bonds. The maximum Gasteiger partial charge on any atom is 0.248 e. The molecule has 0 atom stereocenters. The van der Waals surface area contributed by atoms with Crippen molar-refractivity contribution in [3.63, 3.8) is 0 Å². The summed E-state index contributed by atoms with van der Waals surface area (Å²) < 4.78 is 0. The molecular formula is C17H21N3OS. The van der Waals surface area contributed by atoms with Crippen molar-refractivity contribution >= 4 is 28.2 Å². The Kier molecular flexibility index (Phi) is 5.33. The van der Waals surface area contributed by atoms with Gasteiger partial charge in [-0.1, -0.05) is 24.3 Å². The average Bonchev–Trinajstić information content (AvgIpc) is 2.49. The number of fused-ring (bicyclic) bond motifs is 1. The van der Waals surface area contributed by atoms with Gasteiger partial charge in [-0.05, 0) is 37.7 Å². The molecule has 1 aromatic carbocycles. The fraction of sp³-hybridized carbons (Fsp3) is 0.294. The van der Waals surface area contributed by atoms with Gasteiger partial charge in [0.15, 0.2) is 5.11 Å². The quantitative estimate of drug-likeness (QED) is 0.658. The van der Waals surface area contributed by atoms with Crippen molar-refractivity contribution in [3.05, 3.63) is 58.9 Å². The van der Waals surface area contributed by atoms with E-state index in [-0.39, 0.29) is 11.6 Å². The molecule has 0 saturated heterocycles. The molecule has 2 rings (SSSR count). The van der Waals surface area contributed by atoms with Crippen molar-refractivity contribution in [1.82, 2.24) is 15.2 Å². The number of benzene rings is 1. The molecule has 0 aliphatic heterocycles. The molecule has 2 aromatic rings. The summed E-state index contributed by atoms with van der Waals surface area (Å²) in [5.41, 5.74) is 1.72. The lowest BCUT2D eigenvalue weighted by Crippen LogP contribution is -2.43. The summed E-state index contributed by atoms with van der Waals surface area (Å²) in [5, 5.41) is 4.86. The number of rotatable bonds is 5. The number of aromatic nitrogens is 1. The van der Waals surface area contributed by atoms with Crippen LogP contribution in [0.25, 0.3) is 10.9 Å². The number of para-hydroxylation sites is 1. The predicted octanol–water partition coefficient (Wildman–Crippen LogP) is 2.80. The largest absolute Gasteiger partial charge is 0.359 e. The maximum atomic E-state index is 11.9. The number of aromatic amines is 1. The maximum absolute atomic E-state index is 11.9. The van der Waals surface area contributed by atoms with Crippen molar-refractivity contribution in [2.24, 2.45) is 0 Å². The van der Waals surface area contributed by atoms with Gasteiger partial charge in [-0.25, -0.2) is 0 Å². The lowest BCUT2D eigenvalue weighted by atomic mass is 10.1. The highest BCUT2D eigenvalue weighted by Crippen LogP contribution is 2.17. The topological polar surface area (TPSA) is 48.1 Å². The number of nitrogens with one attached hydrogen (secondary N) is 2. The van der Waals surface area contributed by atoms with Crippen LogP contribution in [0, 0.1) is 0 Å². The molecule has 2 N–H and O–H groups in total. The second-order valence-electron chi connectivity index (χ2n) is 5.40. The summed E-state index contributed by atoms with van der Waals surface area (Å²) in [6.45, 7) is 9.06. The minimum absolute atomic E-state index is 0.0950. The molecule has 0 fully saturated rings. The van der Waals surface area contributed by atoms with Crippen LogP contribution < -0.4 is 10.9 Å². The Balaban J connectivity index is 2.36. The Morgan fingerprint density at radius 3 is 2.86 bits per heavy atom. The fourth-order valence-electron chi connectivity index (χ4n) is 2.34. The molecule has 4 nitrogen and oxygen atoms in total. The Morgan fingerprint density at radius 2 is 2.18 bits per heavy atom. The van der Waals surface area contributed by atoms with Crippen LogP contribution in [0.15, 0.2) is 47.8 Å². The van der Waals surface area contributed by atoms with E-state index in [0.29, 0.717) is 18.2 Å². The second kappa shape index (κ2) is 7.22. The van der Waals surface area contributed by atoms with Gasteiger partial charge in [-0.3, -0.25) is 4.79 Å². The highest BCUT2D eigenvalue weighted by Gasteiger charge is 2.15. The van der Waals surface area contributed by atoms with Crippen LogP contribution in [0.2, 0.25) is 0 Å². The molecule has 0 aliphatic rings. The van der Waals surface area contributed by atoms with E-state index >= 15 is 0 Å². The first kappa shape index (κ1) is 16.2. The minimum Gasteiger partial charge on any atom is -0.359 e. The van der Waals surface area contributed by atoms with Gasteiger partial charge in [0.25, 0.3) is 0 Å². The van der Waals surface area contributed by atoms with Crippen molar-refractivity contribution in [2.75, 3.05) is 6.54 Å². The zero-order chi connectivity index (χ0) is 16.1. The van der Waals surface area contributed by atoms with Gasteiger partial charge in [-0.2, -0.15) is 0 Å². The summed E-state index contributed by atoms with van der Waals surface area (Å²) in [6.07, 6.45) is 1.77. The Hall–Kier alpha value is -2.14. The number of pyridine rings is 1. The van der Waals surface area contributed by atoms with Gasteiger partial charge in [0.05, 0.1) is 0 Å². The van der Waals surface area contributed by atoms with Gasteiger partial charge in [0, 0.05) is 36.1 Å². The predicted molar refractivity (Wildman–Crippen MR) is 96.0 cm³/mol. The summed E-state index contributed by atoms with van der Waals surface area (Å²) in [7, 11) is 0. The lowest BCUT2D eigenvalue weighted by Gasteiger charge is -2.30. The van der Waals surface area contributed by atoms with Gasteiger partial charge in [-0.15, -0.1) is 6.58 Å². The summed E-state index contributed by atoms with van der Waals surface area (Å²) in [4.78, 5) is 16.8. The van der Waals surface area contributed by atoms with E-state index < -0.39 is 0 Å². The Morgan fingerprint density at radius 1 is 1.45 bits per heavy atom. The van der Waals surface area contributed by atoms with Gasteiger partial charge in [0.2, 0.25) is 5.56 Å². The molecule has 0 unspecified atom stereocenters. The monoisotopic (exact) mass is 315 g/mol. The van der Waals surface area contributed by atoms with Crippen molar-refractivity contribution < 1.29 is 0 Å². The van der Waals surface area contributed by atoms with Crippen molar-refractivity contribution in [2.45, 2.75) is 26.4 Å². The van der Waals surface area contributed by atoms with E-state index in [1.807, 2.05) is 24.3 Å². The smallest absolute Gasteiger partial charge is 0.248 e. The van der Waals surface area contributed by atoms with Crippen LogP contribution in [-0.4, -0.2) is 27.6 Å². The van der Waals surface area contributed by atoms with E-state index in [1.165, 1.54) is 0 Å². The third-order valence-corrected chi connectivity index (χ3v) is 3.84. The number of thiocarbonyl (C=S) groups is 1. The molecule has 0 bridgehead atoms. The molecule has 0 saturated carbocycles. The molecule has 0 spiro atoms. The molecule has 0 radical (unpaired) electrons. The molecule has 0 aliphatic carbocycles. The molecule has 1 aromatic heterocycles. The van der Waals surface area contributed by atoms with Gasteiger partial charge >= 0.3 is 0 Å². The molecule has 22 heavy (non-hydrogen) atoms. The van der Waals surface area contributed by atoms with Crippen LogP contribution in [0.5, 0.6) is 0 Å². The van der Waals surface area contributed by atoms with Crippen LogP contribution in [0.4, 0.5) is 0 Å². The normalized spacial score (nSPS) is 10.7. The lowest BCUT2D eigenvalue weighted by molar-refractivity contribution is 0.340. The van der Waals surface area contributed by atoms with Gasteiger partial charge < -0.3 is 15.2 Å². The Labute approximate surface area is 135 Å². The van der Waals surface area contributed by atoms with E-state index in [0.717, 1.165) is 16.5 Å². The first-order chi connectivity index (χ1) is 10.5. The van der Waals surface area contributed by atoms with Crippen molar-refractivity contribution in [3.8, 4) is 0 Å². The van der Waals surface area contributed by atoms with Gasteiger partial charge in [0.1, 0.15) is 0 Å². The summed E-state index contributed by atoms with van der Waals surface area (Å²) >= 11 is 5.45. The molecule has 1 heterocycles. The third kappa shape index (κ3) is 3.74. The third-order valence-electron chi connectivity index (χ3n) is 3.46.